The van der Waals surface area contributed by atoms with Crippen molar-refractivity contribution in [2.45, 2.75) is 44.9 Å². The van der Waals surface area contributed by atoms with Gasteiger partial charge < -0.3 is 5.32 Å². The Labute approximate surface area is 117 Å². The van der Waals surface area contributed by atoms with Crippen LogP contribution in [0.1, 0.15) is 50.8 Å². The van der Waals surface area contributed by atoms with Gasteiger partial charge in [-0.2, -0.15) is 0 Å². The van der Waals surface area contributed by atoms with Crippen molar-refractivity contribution in [1.82, 2.24) is 9.97 Å². The van der Waals surface area contributed by atoms with Gasteiger partial charge in [-0.25, -0.2) is 9.97 Å². The van der Waals surface area contributed by atoms with E-state index in [9.17, 15) is 0 Å². The van der Waals surface area contributed by atoms with Gasteiger partial charge in [0.25, 0.3) is 0 Å². The Bertz CT molecular complexity index is 435. The van der Waals surface area contributed by atoms with Crippen LogP contribution in [0.15, 0.2) is 10.7 Å². The minimum absolute atomic E-state index is 0.610. The van der Waals surface area contributed by atoms with Crippen LogP contribution in [0.2, 0.25) is 0 Å². The molecule has 1 aromatic rings. The van der Waals surface area contributed by atoms with Crippen LogP contribution < -0.4 is 5.32 Å². The lowest BCUT2D eigenvalue weighted by molar-refractivity contribution is 0.405. The van der Waals surface area contributed by atoms with Gasteiger partial charge in [-0.1, -0.05) is 13.3 Å². The number of nitrogens with zero attached hydrogens (tertiary/aromatic N) is 2. The smallest absolute Gasteiger partial charge is 0.144 e. The molecule has 0 saturated heterocycles. The third-order valence-corrected chi connectivity index (χ3v) is 4.96. The first kappa shape index (κ1) is 12.4. The van der Waals surface area contributed by atoms with E-state index >= 15 is 0 Å². The lowest BCUT2D eigenvalue weighted by Crippen LogP contribution is -2.14. The summed E-state index contributed by atoms with van der Waals surface area (Å²) in [5.41, 5.74) is 0. The molecule has 1 aromatic heterocycles. The number of hydrogen-bond acceptors (Lipinski definition) is 3. The Morgan fingerprint density at radius 3 is 2.94 bits per heavy atom. The second-order valence-electron chi connectivity index (χ2n) is 5.63. The molecule has 3 nitrogen and oxygen atoms in total. The Morgan fingerprint density at radius 2 is 2.28 bits per heavy atom. The summed E-state index contributed by atoms with van der Waals surface area (Å²) in [5, 5.41) is 3.37. The quantitative estimate of drug-likeness (QED) is 0.914. The molecule has 1 N–H and O–H groups in total. The predicted molar refractivity (Wildman–Crippen MR) is 76.7 cm³/mol. The molecule has 3 atom stereocenters. The molecule has 1 heterocycles. The molecule has 0 radical (unpaired) electrons. The van der Waals surface area contributed by atoms with E-state index in [0.717, 1.165) is 40.9 Å². The number of aromatic nitrogens is 2. The van der Waals surface area contributed by atoms with Crippen LogP contribution >= 0.6 is 15.9 Å². The zero-order valence-corrected chi connectivity index (χ0v) is 12.4. The highest BCUT2D eigenvalue weighted by Crippen LogP contribution is 2.52. The summed E-state index contributed by atoms with van der Waals surface area (Å²) in [5.74, 6) is 4.42. The lowest BCUT2D eigenvalue weighted by Gasteiger charge is -2.20. The average Bonchev–Trinajstić information content (AvgIpc) is 3.00. The van der Waals surface area contributed by atoms with Crippen molar-refractivity contribution in [3.8, 4) is 0 Å². The molecule has 0 aromatic carbocycles. The summed E-state index contributed by atoms with van der Waals surface area (Å²) in [6.45, 7) is 3.13. The van der Waals surface area contributed by atoms with E-state index in [1.165, 1.54) is 25.7 Å². The highest BCUT2D eigenvalue weighted by Gasteiger charge is 2.41. The van der Waals surface area contributed by atoms with Crippen LogP contribution in [0.5, 0.6) is 0 Å². The fraction of sp³-hybridized carbons (Fsp3) is 0.714. The summed E-state index contributed by atoms with van der Waals surface area (Å²) < 4.78 is 0.975. The summed E-state index contributed by atoms with van der Waals surface area (Å²) in [7, 11) is 0. The van der Waals surface area contributed by atoms with Crippen molar-refractivity contribution in [1.29, 1.82) is 0 Å². The number of fused-ring (bicyclic) bond motifs is 2. The second kappa shape index (κ2) is 5.16. The first-order chi connectivity index (χ1) is 8.78. The SMILES string of the molecule is CCCNc1nc(C2CC3CCC2C3)ncc1Br. The summed E-state index contributed by atoms with van der Waals surface area (Å²) >= 11 is 3.52. The fourth-order valence-electron chi connectivity index (χ4n) is 3.49. The second-order valence-corrected chi connectivity index (χ2v) is 6.49. The van der Waals surface area contributed by atoms with Crippen LogP contribution in [0, 0.1) is 11.8 Å². The summed E-state index contributed by atoms with van der Waals surface area (Å²) in [6, 6.07) is 0. The molecule has 2 aliphatic rings. The van der Waals surface area contributed by atoms with Crippen LogP contribution in [0.4, 0.5) is 5.82 Å². The van der Waals surface area contributed by atoms with E-state index < -0.39 is 0 Å². The Kier molecular flexibility index (Phi) is 3.55. The monoisotopic (exact) mass is 309 g/mol. The highest BCUT2D eigenvalue weighted by atomic mass is 79.9. The van der Waals surface area contributed by atoms with Crippen LogP contribution in [-0.2, 0) is 0 Å². The molecular weight excluding hydrogens is 290 g/mol. The Hall–Kier alpha value is -0.640. The molecule has 0 spiro atoms. The first-order valence-electron chi connectivity index (χ1n) is 7.04. The normalized spacial score (nSPS) is 29.8. The molecule has 0 aliphatic heterocycles. The summed E-state index contributed by atoms with van der Waals surface area (Å²) in [4.78, 5) is 9.29. The molecule has 18 heavy (non-hydrogen) atoms. The molecule has 3 unspecified atom stereocenters. The maximum atomic E-state index is 4.74. The van der Waals surface area contributed by atoms with Crippen molar-refractivity contribution >= 4 is 21.7 Å². The van der Waals surface area contributed by atoms with Gasteiger partial charge in [0.15, 0.2) is 0 Å². The van der Waals surface area contributed by atoms with Crippen molar-refractivity contribution in [3.63, 3.8) is 0 Å². The number of anilines is 1. The molecule has 4 heteroatoms. The minimum atomic E-state index is 0.610. The van der Waals surface area contributed by atoms with E-state index in [1.807, 2.05) is 6.20 Å². The fourth-order valence-corrected chi connectivity index (χ4v) is 3.82. The van der Waals surface area contributed by atoms with Gasteiger partial charge >= 0.3 is 0 Å². The largest absolute Gasteiger partial charge is 0.369 e. The van der Waals surface area contributed by atoms with Crippen molar-refractivity contribution in [2.75, 3.05) is 11.9 Å². The number of nitrogens with one attached hydrogen (secondary N) is 1. The van der Waals surface area contributed by atoms with E-state index in [2.05, 4.69) is 33.2 Å². The first-order valence-corrected chi connectivity index (χ1v) is 7.83. The molecule has 0 amide bonds. The molecule has 2 aliphatic carbocycles. The van der Waals surface area contributed by atoms with E-state index in [4.69, 9.17) is 4.98 Å². The zero-order valence-electron chi connectivity index (χ0n) is 10.8. The van der Waals surface area contributed by atoms with Gasteiger partial charge in [0.1, 0.15) is 11.6 Å². The van der Waals surface area contributed by atoms with E-state index in [-0.39, 0.29) is 0 Å². The van der Waals surface area contributed by atoms with Crippen molar-refractivity contribution in [3.05, 3.63) is 16.5 Å². The van der Waals surface area contributed by atoms with Crippen LogP contribution in [0.25, 0.3) is 0 Å². The Balaban J connectivity index is 1.80. The van der Waals surface area contributed by atoms with Crippen molar-refractivity contribution < 1.29 is 0 Å². The van der Waals surface area contributed by atoms with E-state index in [1.54, 1.807) is 0 Å². The van der Waals surface area contributed by atoms with Gasteiger partial charge in [0.05, 0.1) is 4.47 Å². The van der Waals surface area contributed by atoms with E-state index in [0.29, 0.717) is 5.92 Å². The topological polar surface area (TPSA) is 37.8 Å². The molecule has 2 fully saturated rings. The third-order valence-electron chi connectivity index (χ3n) is 4.37. The van der Waals surface area contributed by atoms with Crippen molar-refractivity contribution in [2.24, 2.45) is 11.8 Å². The van der Waals surface area contributed by atoms with Gasteiger partial charge in [-0.3, -0.25) is 0 Å². The molecule has 3 rings (SSSR count). The number of hydrogen-bond donors (Lipinski definition) is 1. The average molecular weight is 310 g/mol. The molecule has 98 valence electrons. The Morgan fingerprint density at radius 1 is 1.39 bits per heavy atom. The standard InChI is InChI=1S/C14H20BrN3/c1-2-5-16-14-12(15)8-17-13(18-14)11-7-9-3-4-10(11)6-9/h8-11H,2-7H2,1H3,(H,16,17,18). The highest BCUT2D eigenvalue weighted by molar-refractivity contribution is 9.10. The van der Waals surface area contributed by atoms with Gasteiger partial charge in [-0.15, -0.1) is 0 Å². The maximum Gasteiger partial charge on any atom is 0.144 e. The zero-order chi connectivity index (χ0) is 12.5. The predicted octanol–water partition coefficient (Wildman–Crippen LogP) is 3.96. The minimum Gasteiger partial charge on any atom is -0.369 e. The van der Waals surface area contributed by atoms with Crippen LogP contribution in [0.3, 0.4) is 0 Å². The van der Waals surface area contributed by atoms with Crippen LogP contribution in [-0.4, -0.2) is 16.5 Å². The summed E-state index contributed by atoms with van der Waals surface area (Å²) in [6.07, 6.45) is 8.54. The molecular formula is C14H20BrN3. The number of rotatable bonds is 4. The maximum absolute atomic E-state index is 4.74. The van der Waals surface area contributed by atoms with Gasteiger partial charge in [-0.05, 0) is 53.4 Å². The van der Waals surface area contributed by atoms with Gasteiger partial charge in [0, 0.05) is 18.7 Å². The third kappa shape index (κ3) is 2.27. The number of halogens is 1. The lowest BCUT2D eigenvalue weighted by atomic mass is 9.88. The molecule has 2 saturated carbocycles. The van der Waals surface area contributed by atoms with Gasteiger partial charge in [0.2, 0.25) is 0 Å². The molecule has 2 bridgehead atoms.